The highest BCUT2D eigenvalue weighted by Crippen LogP contribution is 2.29. The first-order valence-electron chi connectivity index (χ1n) is 9.23. The molecule has 29 heavy (non-hydrogen) atoms. The molecule has 0 aliphatic carbocycles. The number of hydrogen-bond acceptors (Lipinski definition) is 6. The maximum Gasteiger partial charge on any atom is 0.326 e. The molecule has 0 bridgehead atoms. The minimum atomic E-state index is -3.95. The molecule has 150 valence electrons. The molecular formula is C20H20N4O4S. The number of carbonyl (C=O) groups excluding carboxylic acids is 1. The Hall–Kier alpha value is -3.20. The van der Waals surface area contributed by atoms with Crippen LogP contribution in [0.3, 0.4) is 0 Å². The first-order valence-corrected chi connectivity index (χ1v) is 10.7. The van der Waals surface area contributed by atoms with Gasteiger partial charge < -0.3 is 4.42 Å². The lowest BCUT2D eigenvalue weighted by Gasteiger charge is -2.19. The van der Waals surface area contributed by atoms with Crippen molar-refractivity contribution in [3.05, 3.63) is 65.5 Å². The van der Waals surface area contributed by atoms with E-state index in [2.05, 4.69) is 14.9 Å². The maximum atomic E-state index is 12.6. The van der Waals surface area contributed by atoms with Crippen LogP contribution >= 0.6 is 0 Å². The zero-order valence-electron chi connectivity index (χ0n) is 15.8. The highest BCUT2D eigenvalue weighted by molar-refractivity contribution is 7.91. The minimum absolute atomic E-state index is 0.0791. The molecular weight excluding hydrogens is 392 g/mol. The summed E-state index contributed by atoms with van der Waals surface area (Å²) in [4.78, 5) is 12.2. The van der Waals surface area contributed by atoms with E-state index in [1.54, 1.807) is 12.1 Å². The van der Waals surface area contributed by atoms with Gasteiger partial charge in [0.25, 0.3) is 0 Å². The van der Waals surface area contributed by atoms with Crippen LogP contribution in [0.25, 0.3) is 11.5 Å². The van der Waals surface area contributed by atoms with Crippen LogP contribution in [0.4, 0.5) is 5.69 Å². The fourth-order valence-electron chi connectivity index (χ4n) is 3.20. The number of anilines is 1. The standard InChI is InChI=1S/C20H20N4O4S/c1-14-6-8-16(9-7-14)20-22-21-19(28-20)11-10-18(25)23-29(26,27)24-13-12-15-4-2-3-5-17(15)24/h2-9H,10-13H2,1H3,(H,23,25). The van der Waals surface area contributed by atoms with E-state index >= 15 is 0 Å². The lowest BCUT2D eigenvalue weighted by atomic mass is 10.1. The van der Waals surface area contributed by atoms with Crippen LogP contribution in [0.2, 0.25) is 0 Å². The molecule has 1 aromatic heterocycles. The number of rotatable bonds is 6. The molecule has 0 fully saturated rings. The van der Waals surface area contributed by atoms with Crippen LogP contribution in [-0.4, -0.2) is 31.1 Å². The quantitative estimate of drug-likeness (QED) is 0.666. The van der Waals surface area contributed by atoms with E-state index in [1.807, 2.05) is 43.3 Å². The SMILES string of the molecule is Cc1ccc(-c2nnc(CCC(=O)NS(=O)(=O)N3CCc4ccccc43)o2)cc1. The van der Waals surface area contributed by atoms with Crippen LogP contribution in [0, 0.1) is 6.92 Å². The van der Waals surface area contributed by atoms with Crippen molar-refractivity contribution in [2.75, 3.05) is 10.8 Å². The van der Waals surface area contributed by atoms with Crippen LogP contribution in [0.15, 0.2) is 52.9 Å². The Labute approximate surface area is 168 Å². The smallest absolute Gasteiger partial charge is 0.326 e. The molecule has 8 nitrogen and oxygen atoms in total. The fraction of sp³-hybridized carbons (Fsp3) is 0.250. The van der Waals surface area contributed by atoms with Gasteiger partial charge in [0.15, 0.2) is 0 Å². The highest BCUT2D eigenvalue weighted by Gasteiger charge is 2.30. The Bertz CT molecular complexity index is 1140. The second-order valence-corrected chi connectivity index (χ2v) is 8.44. The summed E-state index contributed by atoms with van der Waals surface area (Å²) in [7, 11) is -3.95. The molecule has 0 saturated heterocycles. The lowest BCUT2D eigenvalue weighted by molar-refractivity contribution is -0.119. The van der Waals surface area contributed by atoms with Crippen molar-refractivity contribution in [2.24, 2.45) is 0 Å². The van der Waals surface area contributed by atoms with Gasteiger partial charge >= 0.3 is 10.2 Å². The average Bonchev–Trinajstić information content (AvgIpc) is 3.34. The summed E-state index contributed by atoms with van der Waals surface area (Å²) in [6, 6.07) is 14.9. The van der Waals surface area contributed by atoms with Crippen LogP contribution in [0.5, 0.6) is 0 Å². The van der Waals surface area contributed by atoms with E-state index < -0.39 is 16.1 Å². The summed E-state index contributed by atoms with van der Waals surface area (Å²) in [5.41, 5.74) is 3.45. The van der Waals surface area contributed by atoms with Crippen molar-refractivity contribution in [3.63, 3.8) is 0 Å². The van der Waals surface area contributed by atoms with Gasteiger partial charge in [0.2, 0.25) is 17.7 Å². The number of fused-ring (bicyclic) bond motifs is 1. The number of carbonyl (C=O) groups is 1. The molecule has 0 spiro atoms. The number of nitrogens with one attached hydrogen (secondary N) is 1. The zero-order valence-corrected chi connectivity index (χ0v) is 16.6. The maximum absolute atomic E-state index is 12.6. The number of nitrogens with zero attached hydrogens (tertiary/aromatic N) is 3. The highest BCUT2D eigenvalue weighted by atomic mass is 32.2. The van der Waals surface area contributed by atoms with E-state index in [9.17, 15) is 13.2 Å². The second-order valence-electron chi connectivity index (χ2n) is 6.85. The molecule has 2 heterocycles. The van der Waals surface area contributed by atoms with Gasteiger partial charge in [0.1, 0.15) is 0 Å². The number of aryl methyl sites for hydroxylation is 2. The van der Waals surface area contributed by atoms with Gasteiger partial charge in [0, 0.05) is 24.9 Å². The summed E-state index contributed by atoms with van der Waals surface area (Å²) < 4.78 is 34.1. The molecule has 0 saturated carbocycles. The van der Waals surface area contributed by atoms with E-state index in [1.165, 1.54) is 4.31 Å². The molecule has 1 N–H and O–H groups in total. The van der Waals surface area contributed by atoms with Crippen molar-refractivity contribution in [1.82, 2.24) is 14.9 Å². The van der Waals surface area contributed by atoms with Gasteiger partial charge in [-0.1, -0.05) is 35.9 Å². The van der Waals surface area contributed by atoms with E-state index in [-0.39, 0.29) is 18.7 Å². The van der Waals surface area contributed by atoms with Gasteiger partial charge in [-0.2, -0.15) is 8.42 Å². The first-order chi connectivity index (χ1) is 13.9. The van der Waals surface area contributed by atoms with Crippen LogP contribution in [-0.2, 0) is 27.8 Å². The number of aromatic nitrogens is 2. The zero-order chi connectivity index (χ0) is 20.4. The van der Waals surface area contributed by atoms with Gasteiger partial charge in [-0.05, 0) is 37.1 Å². The Morgan fingerprint density at radius 3 is 2.69 bits per heavy atom. The molecule has 1 amide bonds. The Morgan fingerprint density at radius 2 is 1.90 bits per heavy atom. The van der Waals surface area contributed by atoms with Gasteiger partial charge in [-0.15, -0.1) is 10.2 Å². The third kappa shape index (κ3) is 4.14. The molecule has 3 aromatic rings. The predicted octanol–water partition coefficient (Wildman–Crippen LogP) is 2.40. The molecule has 9 heteroatoms. The van der Waals surface area contributed by atoms with Crippen LogP contribution < -0.4 is 9.03 Å². The lowest BCUT2D eigenvalue weighted by Crippen LogP contribution is -2.42. The normalized spacial score (nSPS) is 13.3. The van der Waals surface area contributed by atoms with Gasteiger partial charge in [0.05, 0.1) is 5.69 Å². The topological polar surface area (TPSA) is 105 Å². The number of amides is 1. The first kappa shape index (κ1) is 19.1. The molecule has 0 atom stereocenters. The van der Waals surface area contributed by atoms with Crippen molar-refractivity contribution in [3.8, 4) is 11.5 Å². The van der Waals surface area contributed by atoms with E-state index in [0.29, 0.717) is 24.5 Å². The minimum Gasteiger partial charge on any atom is -0.421 e. The number of para-hydroxylation sites is 1. The summed E-state index contributed by atoms with van der Waals surface area (Å²) in [5, 5.41) is 7.92. The average molecular weight is 412 g/mol. The Balaban J connectivity index is 1.36. The van der Waals surface area contributed by atoms with Gasteiger partial charge in [-0.25, -0.2) is 4.72 Å². The number of benzene rings is 2. The summed E-state index contributed by atoms with van der Waals surface area (Å²) in [6.45, 7) is 2.29. The number of hydrogen-bond donors (Lipinski definition) is 1. The van der Waals surface area contributed by atoms with E-state index in [4.69, 9.17) is 4.42 Å². The second kappa shape index (κ2) is 7.67. The monoisotopic (exact) mass is 412 g/mol. The summed E-state index contributed by atoms with van der Waals surface area (Å²) >= 11 is 0. The molecule has 0 radical (unpaired) electrons. The van der Waals surface area contributed by atoms with E-state index in [0.717, 1.165) is 16.7 Å². The van der Waals surface area contributed by atoms with Crippen molar-refractivity contribution in [1.29, 1.82) is 0 Å². The van der Waals surface area contributed by atoms with Gasteiger partial charge in [-0.3, -0.25) is 9.10 Å². The fourth-order valence-corrected chi connectivity index (χ4v) is 4.46. The predicted molar refractivity (Wildman–Crippen MR) is 107 cm³/mol. The molecule has 4 rings (SSSR count). The van der Waals surface area contributed by atoms with Crippen molar-refractivity contribution in [2.45, 2.75) is 26.2 Å². The molecule has 1 aliphatic rings. The summed E-state index contributed by atoms with van der Waals surface area (Å²) in [5.74, 6) is 0.0193. The Kier molecular flexibility index (Phi) is 5.06. The molecule has 2 aromatic carbocycles. The van der Waals surface area contributed by atoms with Crippen molar-refractivity contribution >= 4 is 21.8 Å². The largest absolute Gasteiger partial charge is 0.421 e. The molecule has 1 aliphatic heterocycles. The van der Waals surface area contributed by atoms with Crippen molar-refractivity contribution < 1.29 is 17.6 Å². The van der Waals surface area contributed by atoms with Crippen LogP contribution in [0.1, 0.15) is 23.4 Å². The molecule has 0 unspecified atom stereocenters. The third-order valence-electron chi connectivity index (χ3n) is 4.71. The summed E-state index contributed by atoms with van der Waals surface area (Å²) in [6.07, 6.45) is 0.691. The Morgan fingerprint density at radius 1 is 1.14 bits per heavy atom. The third-order valence-corrected chi connectivity index (χ3v) is 6.15.